The van der Waals surface area contributed by atoms with E-state index in [0.717, 1.165) is 0 Å². The molecule has 1 rings (SSSR count). The van der Waals surface area contributed by atoms with Crippen LogP contribution in [0.5, 0.6) is 11.5 Å². The zero-order valence-electron chi connectivity index (χ0n) is 11.5. The molecule has 0 bridgehead atoms. The summed E-state index contributed by atoms with van der Waals surface area (Å²) in [5, 5.41) is 11.3. The third kappa shape index (κ3) is 5.90. The van der Waals surface area contributed by atoms with Crippen LogP contribution in [0.2, 0.25) is 0 Å². The Morgan fingerprint density at radius 2 is 2.10 bits per heavy atom. The summed E-state index contributed by atoms with van der Waals surface area (Å²) in [7, 11) is 1.43. The molecule has 1 aromatic rings. The standard InChI is InChI=1S/C13H16F3NO4/c1-8(18)10-4-3-9(20-2)5-11(10)21-6-12(19)17-7-13(14,15)16/h3-5,8,18H,6-7H2,1-2H3,(H,17,19)/t8-/m0/s1. The number of aliphatic hydroxyl groups is 1. The molecule has 2 N–H and O–H groups in total. The van der Waals surface area contributed by atoms with Gasteiger partial charge in [0, 0.05) is 11.6 Å². The third-order valence-corrected chi connectivity index (χ3v) is 2.52. The summed E-state index contributed by atoms with van der Waals surface area (Å²) in [6, 6.07) is 4.59. The molecular weight excluding hydrogens is 291 g/mol. The first kappa shape index (κ1) is 17.1. The van der Waals surface area contributed by atoms with E-state index < -0.39 is 31.3 Å². The normalized spacial score (nSPS) is 12.7. The molecule has 0 saturated carbocycles. The van der Waals surface area contributed by atoms with Crippen LogP contribution in [0.1, 0.15) is 18.6 Å². The van der Waals surface area contributed by atoms with Crippen LogP contribution in [-0.4, -0.2) is 37.5 Å². The molecule has 0 spiro atoms. The summed E-state index contributed by atoms with van der Waals surface area (Å²) < 4.78 is 46.0. The Hall–Kier alpha value is -1.96. The molecule has 5 nitrogen and oxygen atoms in total. The Bertz CT molecular complexity index is 489. The zero-order chi connectivity index (χ0) is 16.0. The van der Waals surface area contributed by atoms with Crippen molar-refractivity contribution in [2.24, 2.45) is 0 Å². The lowest BCUT2D eigenvalue weighted by molar-refractivity contribution is -0.139. The van der Waals surface area contributed by atoms with E-state index in [2.05, 4.69) is 0 Å². The van der Waals surface area contributed by atoms with E-state index in [-0.39, 0.29) is 5.75 Å². The van der Waals surface area contributed by atoms with Crippen molar-refractivity contribution in [3.63, 3.8) is 0 Å². The van der Waals surface area contributed by atoms with E-state index in [1.54, 1.807) is 17.4 Å². The smallest absolute Gasteiger partial charge is 0.405 e. The Balaban J connectivity index is 2.67. The predicted molar refractivity (Wildman–Crippen MR) is 68.2 cm³/mol. The highest BCUT2D eigenvalue weighted by atomic mass is 19.4. The van der Waals surface area contributed by atoms with Crippen molar-refractivity contribution in [3.8, 4) is 11.5 Å². The van der Waals surface area contributed by atoms with Crippen LogP contribution in [0.25, 0.3) is 0 Å². The largest absolute Gasteiger partial charge is 0.497 e. The van der Waals surface area contributed by atoms with Gasteiger partial charge in [-0.3, -0.25) is 4.79 Å². The van der Waals surface area contributed by atoms with E-state index in [0.29, 0.717) is 11.3 Å². The minimum atomic E-state index is -4.48. The second kappa shape index (κ2) is 7.16. The van der Waals surface area contributed by atoms with Gasteiger partial charge in [-0.05, 0) is 19.1 Å². The van der Waals surface area contributed by atoms with E-state index in [1.165, 1.54) is 20.1 Å². The van der Waals surface area contributed by atoms with Crippen LogP contribution in [0, 0.1) is 0 Å². The number of halogens is 3. The SMILES string of the molecule is COc1ccc([C@H](C)O)c(OCC(=O)NCC(F)(F)F)c1. The molecule has 0 unspecified atom stereocenters. The number of hydrogen-bond donors (Lipinski definition) is 2. The number of aliphatic hydroxyl groups excluding tert-OH is 1. The average molecular weight is 307 g/mol. The van der Waals surface area contributed by atoms with Crippen LogP contribution in [0.3, 0.4) is 0 Å². The molecule has 0 fully saturated rings. The average Bonchev–Trinajstić information content (AvgIpc) is 2.41. The molecule has 1 amide bonds. The van der Waals surface area contributed by atoms with Gasteiger partial charge < -0.3 is 19.9 Å². The van der Waals surface area contributed by atoms with Crippen molar-refractivity contribution in [3.05, 3.63) is 23.8 Å². The van der Waals surface area contributed by atoms with Gasteiger partial charge in [0.15, 0.2) is 6.61 Å². The van der Waals surface area contributed by atoms with Gasteiger partial charge in [-0.15, -0.1) is 0 Å². The summed E-state index contributed by atoms with van der Waals surface area (Å²) in [5.74, 6) is -0.303. The highest BCUT2D eigenvalue weighted by Crippen LogP contribution is 2.29. The molecule has 0 radical (unpaired) electrons. The number of methoxy groups -OCH3 is 1. The molecule has 21 heavy (non-hydrogen) atoms. The summed E-state index contributed by atoms with van der Waals surface area (Å²) in [4.78, 5) is 11.3. The summed E-state index contributed by atoms with van der Waals surface area (Å²) in [6.07, 6.45) is -5.33. The molecule has 0 aliphatic carbocycles. The monoisotopic (exact) mass is 307 g/mol. The van der Waals surface area contributed by atoms with Crippen molar-refractivity contribution in [2.75, 3.05) is 20.3 Å². The first-order valence-corrected chi connectivity index (χ1v) is 6.05. The Kier molecular flexibility index (Phi) is 5.83. The molecule has 1 atom stereocenters. The van der Waals surface area contributed by atoms with Gasteiger partial charge >= 0.3 is 6.18 Å². The maximum absolute atomic E-state index is 11.9. The van der Waals surface area contributed by atoms with Crippen molar-refractivity contribution in [1.82, 2.24) is 5.32 Å². The maximum Gasteiger partial charge on any atom is 0.405 e. The molecule has 0 saturated heterocycles. The number of carbonyl (C=O) groups is 1. The number of rotatable bonds is 6. The fourth-order valence-corrected chi connectivity index (χ4v) is 1.50. The highest BCUT2D eigenvalue weighted by Gasteiger charge is 2.27. The molecule has 0 aliphatic rings. The quantitative estimate of drug-likeness (QED) is 0.841. The molecular formula is C13H16F3NO4. The van der Waals surface area contributed by atoms with Crippen LogP contribution in [0.4, 0.5) is 13.2 Å². The van der Waals surface area contributed by atoms with E-state index >= 15 is 0 Å². The van der Waals surface area contributed by atoms with E-state index in [1.807, 2.05) is 0 Å². The summed E-state index contributed by atoms with van der Waals surface area (Å²) >= 11 is 0. The molecule has 0 aliphatic heterocycles. The lowest BCUT2D eigenvalue weighted by Gasteiger charge is -2.15. The van der Waals surface area contributed by atoms with Crippen molar-refractivity contribution in [2.45, 2.75) is 19.2 Å². The fourth-order valence-electron chi connectivity index (χ4n) is 1.50. The van der Waals surface area contributed by atoms with Gasteiger partial charge in [-0.25, -0.2) is 0 Å². The van der Waals surface area contributed by atoms with Gasteiger partial charge in [0.25, 0.3) is 5.91 Å². The van der Waals surface area contributed by atoms with Gasteiger partial charge in [0.2, 0.25) is 0 Å². The number of ether oxygens (including phenoxy) is 2. The molecule has 0 aromatic heterocycles. The second-order valence-electron chi connectivity index (χ2n) is 4.26. The highest BCUT2D eigenvalue weighted by molar-refractivity contribution is 5.77. The number of hydrogen-bond acceptors (Lipinski definition) is 4. The molecule has 118 valence electrons. The first-order valence-electron chi connectivity index (χ1n) is 6.05. The van der Waals surface area contributed by atoms with Gasteiger partial charge in [0.1, 0.15) is 18.0 Å². The van der Waals surface area contributed by atoms with E-state index in [4.69, 9.17) is 9.47 Å². The topological polar surface area (TPSA) is 67.8 Å². The number of nitrogens with one attached hydrogen (secondary N) is 1. The van der Waals surface area contributed by atoms with Crippen molar-refractivity contribution < 1.29 is 32.5 Å². The minimum absolute atomic E-state index is 0.173. The van der Waals surface area contributed by atoms with Gasteiger partial charge in [-0.1, -0.05) is 0 Å². The first-order chi connectivity index (χ1) is 9.73. The third-order valence-electron chi connectivity index (χ3n) is 2.52. The number of benzene rings is 1. The lowest BCUT2D eigenvalue weighted by Crippen LogP contribution is -2.36. The zero-order valence-corrected chi connectivity index (χ0v) is 11.5. The second-order valence-corrected chi connectivity index (χ2v) is 4.26. The predicted octanol–water partition coefficient (Wildman–Crippen LogP) is 1.81. The Morgan fingerprint density at radius 1 is 1.43 bits per heavy atom. The minimum Gasteiger partial charge on any atom is -0.497 e. The van der Waals surface area contributed by atoms with Crippen LogP contribution < -0.4 is 14.8 Å². The van der Waals surface area contributed by atoms with Gasteiger partial charge in [-0.2, -0.15) is 13.2 Å². The van der Waals surface area contributed by atoms with Crippen molar-refractivity contribution >= 4 is 5.91 Å². The Morgan fingerprint density at radius 3 is 2.62 bits per heavy atom. The fraction of sp³-hybridized carbons (Fsp3) is 0.462. The van der Waals surface area contributed by atoms with Crippen LogP contribution in [-0.2, 0) is 4.79 Å². The lowest BCUT2D eigenvalue weighted by atomic mass is 10.1. The molecule has 8 heteroatoms. The number of amides is 1. The van der Waals surface area contributed by atoms with E-state index in [9.17, 15) is 23.1 Å². The molecule has 0 heterocycles. The summed E-state index contributed by atoms with van der Waals surface area (Å²) in [6.45, 7) is -0.516. The van der Waals surface area contributed by atoms with Crippen LogP contribution >= 0.6 is 0 Å². The number of alkyl halides is 3. The van der Waals surface area contributed by atoms with Crippen molar-refractivity contribution in [1.29, 1.82) is 0 Å². The van der Waals surface area contributed by atoms with Crippen LogP contribution in [0.15, 0.2) is 18.2 Å². The van der Waals surface area contributed by atoms with Gasteiger partial charge in [0.05, 0.1) is 13.2 Å². The number of carbonyl (C=O) groups excluding carboxylic acids is 1. The summed E-state index contributed by atoms with van der Waals surface area (Å²) in [5.41, 5.74) is 0.402. The Labute approximate surface area is 119 Å². The molecule has 1 aromatic carbocycles. The maximum atomic E-state index is 11.9.